The molecule has 0 bridgehead atoms. The van der Waals surface area contributed by atoms with Crippen LogP contribution in [-0.4, -0.2) is 21.9 Å². The summed E-state index contributed by atoms with van der Waals surface area (Å²) in [4.78, 5) is 0. The van der Waals surface area contributed by atoms with Gasteiger partial charge in [0.05, 0.1) is 0 Å². The van der Waals surface area contributed by atoms with Gasteiger partial charge in [-0.1, -0.05) is 0 Å². The topological polar surface area (TPSA) is 120 Å². The average Bonchev–Trinajstić information content (AvgIpc) is 0. The second-order valence-corrected chi connectivity index (χ2v) is 0. The van der Waals surface area contributed by atoms with Crippen molar-refractivity contribution >= 4 is 0 Å². The van der Waals surface area contributed by atoms with Gasteiger partial charge in [-0.15, -0.1) is 0 Å². The van der Waals surface area contributed by atoms with Crippen LogP contribution in [0.3, 0.4) is 0 Å². The zero-order valence-electron chi connectivity index (χ0n) is 4.29. The van der Waals surface area contributed by atoms with E-state index in [0.29, 0.717) is 0 Å². The molecular formula is H4Na2O4Ti-2. The molecule has 0 saturated heterocycles. The summed E-state index contributed by atoms with van der Waals surface area (Å²) in [6.07, 6.45) is 0. The summed E-state index contributed by atoms with van der Waals surface area (Å²) in [5, 5.41) is 0. The average molecular weight is 162 g/mol. The van der Waals surface area contributed by atoms with Gasteiger partial charge in [0.2, 0.25) is 0 Å². The van der Waals surface area contributed by atoms with Crippen molar-refractivity contribution in [1.82, 2.24) is 0 Å². The normalized spacial score (nSPS) is 0. The fourth-order valence-electron chi connectivity index (χ4n) is 0. The summed E-state index contributed by atoms with van der Waals surface area (Å²) in [6, 6.07) is 0. The van der Waals surface area contributed by atoms with Gasteiger partial charge in [0.25, 0.3) is 0 Å². The first-order valence-corrected chi connectivity index (χ1v) is 0. The molecule has 0 unspecified atom stereocenters. The smallest absolute Gasteiger partial charge is 0.870 e. The molecule has 7 heteroatoms. The third-order valence-corrected chi connectivity index (χ3v) is 0. The van der Waals surface area contributed by atoms with Crippen LogP contribution in [0.2, 0.25) is 0 Å². The first kappa shape index (κ1) is 107. The van der Waals surface area contributed by atoms with Crippen molar-refractivity contribution in [2.24, 2.45) is 0 Å². The maximum absolute atomic E-state index is 0. The Bertz CT molecular complexity index is 9.65. The Morgan fingerprint density at radius 1 is 0.429 bits per heavy atom. The third kappa shape index (κ3) is 56.3. The second kappa shape index (κ2) is 74.8. The van der Waals surface area contributed by atoms with Gasteiger partial charge >= 0.3 is 59.1 Å². The summed E-state index contributed by atoms with van der Waals surface area (Å²) >= 11 is 0. The minimum Gasteiger partial charge on any atom is -0.870 e. The molecule has 0 aromatic carbocycles. The molecule has 0 aliphatic rings. The van der Waals surface area contributed by atoms with E-state index in [9.17, 15) is 0 Å². The van der Waals surface area contributed by atoms with Gasteiger partial charge in [0.15, 0.2) is 0 Å². The Morgan fingerprint density at radius 2 is 0.429 bits per heavy atom. The number of hydrogen-bond donors (Lipinski definition) is 0. The molecule has 0 aromatic rings. The van der Waals surface area contributed by atoms with Gasteiger partial charge in [0.1, 0.15) is 0 Å². The van der Waals surface area contributed by atoms with E-state index in [2.05, 4.69) is 0 Å². The van der Waals surface area contributed by atoms with Crippen LogP contribution in [0.4, 0.5) is 0 Å². The van der Waals surface area contributed by atoms with Crippen molar-refractivity contribution in [2.75, 3.05) is 0 Å². The van der Waals surface area contributed by atoms with Crippen LogP contribution in [0, 0.1) is 0 Å². The van der Waals surface area contributed by atoms with Gasteiger partial charge in [-0.05, 0) is 0 Å². The van der Waals surface area contributed by atoms with Crippen molar-refractivity contribution < 1.29 is 103 Å². The summed E-state index contributed by atoms with van der Waals surface area (Å²) in [6.45, 7) is 0. The molecule has 0 aromatic heterocycles. The first-order valence-electron chi connectivity index (χ1n) is 0. The monoisotopic (exact) mass is 162 g/mol. The predicted molar refractivity (Wildman–Crippen MR) is 7.74 cm³/mol. The molecule has 7 heavy (non-hydrogen) atoms. The maximum Gasteiger partial charge on any atom is 1.00 e. The Balaban J connectivity index is 0. The summed E-state index contributed by atoms with van der Waals surface area (Å²) < 4.78 is 0. The van der Waals surface area contributed by atoms with E-state index in [0.717, 1.165) is 0 Å². The van der Waals surface area contributed by atoms with Crippen LogP contribution in [-0.2, 0) is 21.7 Å². The minimum absolute atomic E-state index is 0. The van der Waals surface area contributed by atoms with Crippen LogP contribution in [0.1, 0.15) is 0 Å². The maximum atomic E-state index is 0. The van der Waals surface area contributed by atoms with Gasteiger partial charge in [-0.25, -0.2) is 0 Å². The standard InChI is InChI=1S/2Na.4H2O.Ti/h;;4*1H2;/q2*+1;;;;;/p-4. The molecule has 0 spiro atoms. The van der Waals surface area contributed by atoms with Crippen molar-refractivity contribution in [3.63, 3.8) is 0 Å². The van der Waals surface area contributed by atoms with Crippen LogP contribution in [0.25, 0.3) is 0 Å². The fourth-order valence-corrected chi connectivity index (χ4v) is 0. The zero-order valence-corrected chi connectivity index (χ0v) is 9.85. The predicted octanol–water partition coefficient (Wildman–Crippen LogP) is -6.70. The molecule has 4 N–H and O–H groups in total. The number of rotatable bonds is 0. The third-order valence-electron chi connectivity index (χ3n) is 0. The molecule has 4 nitrogen and oxygen atoms in total. The molecule has 0 aliphatic carbocycles. The van der Waals surface area contributed by atoms with Gasteiger partial charge in [-0.2, -0.15) is 0 Å². The summed E-state index contributed by atoms with van der Waals surface area (Å²) in [5.41, 5.74) is 0. The quantitative estimate of drug-likeness (QED) is 0.328. The molecule has 0 aliphatic heterocycles. The summed E-state index contributed by atoms with van der Waals surface area (Å²) in [7, 11) is 0. The van der Waals surface area contributed by atoms with Crippen molar-refractivity contribution in [1.29, 1.82) is 0 Å². The van der Waals surface area contributed by atoms with Crippen LogP contribution >= 0.6 is 0 Å². The second-order valence-electron chi connectivity index (χ2n) is 0. The zero-order chi connectivity index (χ0) is 0. The Morgan fingerprint density at radius 3 is 0.429 bits per heavy atom. The molecule has 0 atom stereocenters. The molecule has 0 amide bonds. The minimum atomic E-state index is 0. The van der Waals surface area contributed by atoms with Gasteiger partial charge in [-0.3, -0.25) is 0 Å². The van der Waals surface area contributed by atoms with Crippen LogP contribution in [0.5, 0.6) is 0 Å². The van der Waals surface area contributed by atoms with E-state index in [-0.39, 0.29) is 103 Å². The molecule has 0 fully saturated rings. The van der Waals surface area contributed by atoms with Crippen LogP contribution < -0.4 is 59.1 Å². The van der Waals surface area contributed by atoms with Crippen LogP contribution in [0.15, 0.2) is 0 Å². The van der Waals surface area contributed by atoms with Crippen molar-refractivity contribution in [3.05, 3.63) is 0 Å². The Hall–Kier alpha value is 2.55. The SMILES string of the molecule is [Na+].[Na+].[OH-].[OH-].[OH-].[OH-].[Ti]. The van der Waals surface area contributed by atoms with E-state index in [4.69, 9.17) is 0 Å². The first-order chi connectivity index (χ1) is 0. The molecule has 36 valence electrons. The van der Waals surface area contributed by atoms with E-state index in [1.54, 1.807) is 0 Å². The van der Waals surface area contributed by atoms with E-state index in [1.807, 2.05) is 0 Å². The number of hydrogen-bond acceptors (Lipinski definition) is 4. The molecule has 0 rings (SSSR count). The Kier molecular flexibility index (Phi) is 1150. The molecule has 0 saturated carbocycles. The van der Waals surface area contributed by atoms with Crippen molar-refractivity contribution in [3.8, 4) is 0 Å². The molecule has 0 radical (unpaired) electrons. The van der Waals surface area contributed by atoms with E-state index < -0.39 is 0 Å². The largest absolute Gasteiger partial charge is 1.00 e. The van der Waals surface area contributed by atoms with Gasteiger partial charge in [0, 0.05) is 21.7 Å². The van der Waals surface area contributed by atoms with Crippen molar-refractivity contribution in [2.45, 2.75) is 0 Å². The molecular weight excluding hydrogens is 158 g/mol. The Labute approximate surface area is 101 Å². The van der Waals surface area contributed by atoms with Gasteiger partial charge < -0.3 is 21.9 Å². The summed E-state index contributed by atoms with van der Waals surface area (Å²) in [5.74, 6) is 0. The fraction of sp³-hybridized carbons (Fsp3) is 0. The van der Waals surface area contributed by atoms with E-state index in [1.165, 1.54) is 0 Å². The van der Waals surface area contributed by atoms with E-state index >= 15 is 0 Å². The molecule has 0 heterocycles.